The van der Waals surface area contributed by atoms with Gasteiger partial charge in [0.1, 0.15) is 5.69 Å². The molecule has 1 atom stereocenters. The quantitative estimate of drug-likeness (QED) is 0.854. The largest absolute Gasteiger partial charge is 0.435 e. The summed E-state index contributed by atoms with van der Waals surface area (Å²) in [5.74, 6) is 0. The summed E-state index contributed by atoms with van der Waals surface area (Å²) >= 11 is 0. The fourth-order valence-corrected chi connectivity index (χ4v) is 2.62. The third-order valence-corrected chi connectivity index (χ3v) is 3.85. The third-order valence-electron chi connectivity index (χ3n) is 3.85. The molecule has 0 spiro atoms. The van der Waals surface area contributed by atoms with E-state index in [1.807, 2.05) is 13.8 Å². The van der Waals surface area contributed by atoms with Gasteiger partial charge in [-0.3, -0.25) is 4.68 Å². The minimum Gasteiger partial charge on any atom is -0.356 e. The molecule has 126 valence electrons. The summed E-state index contributed by atoms with van der Waals surface area (Å²) < 4.78 is 47.8. The van der Waals surface area contributed by atoms with Crippen molar-refractivity contribution in [1.82, 2.24) is 19.6 Å². The molecule has 3 heterocycles. The van der Waals surface area contributed by atoms with Gasteiger partial charge < -0.3 is 4.74 Å². The number of hydrogen-bond donors (Lipinski definition) is 0. The van der Waals surface area contributed by atoms with Crippen molar-refractivity contribution in [3.05, 3.63) is 24.0 Å². The maximum Gasteiger partial charge on any atom is 0.435 e. The molecule has 0 aromatic carbocycles. The number of aromatic nitrogens is 4. The summed E-state index contributed by atoms with van der Waals surface area (Å²) in [5.41, 5.74) is -0.111. The monoisotopic (exact) mass is 328 g/mol. The van der Waals surface area contributed by atoms with Crippen molar-refractivity contribution in [3.63, 3.8) is 0 Å². The Morgan fingerprint density at radius 1 is 1.26 bits per heavy atom. The summed E-state index contributed by atoms with van der Waals surface area (Å²) in [5, 5.41) is 8.12. The van der Waals surface area contributed by atoms with Crippen LogP contribution in [0.2, 0.25) is 0 Å². The SMILES string of the molecule is CC(C)n1ccc(-c2cc(C(F)(F)F)nn2C2CCCCO2)n1. The zero-order valence-electron chi connectivity index (χ0n) is 13.0. The molecule has 1 aliphatic rings. The molecule has 2 aromatic heterocycles. The molecule has 8 heteroatoms. The van der Waals surface area contributed by atoms with E-state index in [0.717, 1.165) is 18.9 Å². The van der Waals surface area contributed by atoms with Gasteiger partial charge in [0.25, 0.3) is 0 Å². The predicted octanol–water partition coefficient (Wildman–Crippen LogP) is 4.05. The topological polar surface area (TPSA) is 44.9 Å². The highest BCUT2D eigenvalue weighted by Crippen LogP contribution is 2.34. The molecule has 0 bridgehead atoms. The molecule has 1 unspecified atom stereocenters. The van der Waals surface area contributed by atoms with Crippen molar-refractivity contribution in [1.29, 1.82) is 0 Å². The number of rotatable bonds is 3. The highest BCUT2D eigenvalue weighted by Gasteiger charge is 2.36. The molecule has 3 rings (SSSR count). The second-order valence-corrected chi connectivity index (χ2v) is 5.95. The summed E-state index contributed by atoms with van der Waals surface area (Å²) in [6.07, 6.45) is -0.732. The highest BCUT2D eigenvalue weighted by molar-refractivity contribution is 5.55. The lowest BCUT2D eigenvalue weighted by Crippen LogP contribution is -2.20. The summed E-state index contributed by atoms with van der Waals surface area (Å²) in [6, 6.07) is 2.88. The van der Waals surface area contributed by atoms with E-state index in [9.17, 15) is 13.2 Å². The maximum atomic E-state index is 13.1. The first-order chi connectivity index (χ1) is 10.9. The molecule has 1 aliphatic heterocycles. The smallest absolute Gasteiger partial charge is 0.356 e. The van der Waals surface area contributed by atoms with Crippen LogP contribution >= 0.6 is 0 Å². The molecule has 2 aromatic rings. The molecule has 0 amide bonds. The van der Waals surface area contributed by atoms with Crippen molar-refractivity contribution in [2.75, 3.05) is 6.61 Å². The summed E-state index contributed by atoms with van der Waals surface area (Å²) in [4.78, 5) is 0. The molecule has 1 saturated heterocycles. The van der Waals surface area contributed by atoms with E-state index in [1.54, 1.807) is 16.9 Å². The standard InChI is InChI=1S/C15H19F3N4O/c1-10(2)21-7-6-11(19-21)12-9-13(15(16,17)18)20-22(12)14-5-3-4-8-23-14/h6-7,9-10,14H,3-5,8H2,1-2H3. The molecule has 0 saturated carbocycles. The van der Waals surface area contributed by atoms with E-state index < -0.39 is 18.1 Å². The van der Waals surface area contributed by atoms with Gasteiger partial charge in [-0.15, -0.1) is 0 Å². The van der Waals surface area contributed by atoms with Gasteiger partial charge in [0.2, 0.25) is 0 Å². The Morgan fingerprint density at radius 2 is 2.04 bits per heavy atom. The summed E-state index contributed by atoms with van der Waals surface area (Å²) in [6.45, 7) is 4.45. The lowest BCUT2D eigenvalue weighted by molar-refractivity contribution is -0.142. The van der Waals surface area contributed by atoms with Gasteiger partial charge in [-0.1, -0.05) is 0 Å². The lowest BCUT2D eigenvalue weighted by Gasteiger charge is -2.24. The molecule has 1 fully saturated rings. The van der Waals surface area contributed by atoms with Gasteiger partial charge in [0.15, 0.2) is 11.9 Å². The minimum atomic E-state index is -4.49. The fraction of sp³-hybridized carbons (Fsp3) is 0.600. The molecule has 5 nitrogen and oxygen atoms in total. The summed E-state index contributed by atoms with van der Waals surface area (Å²) in [7, 11) is 0. The first-order valence-corrected chi connectivity index (χ1v) is 7.70. The van der Waals surface area contributed by atoms with Gasteiger partial charge in [-0.25, -0.2) is 4.68 Å². The Kier molecular flexibility index (Phi) is 4.18. The minimum absolute atomic E-state index is 0.133. The highest BCUT2D eigenvalue weighted by atomic mass is 19.4. The zero-order chi connectivity index (χ0) is 16.6. The lowest BCUT2D eigenvalue weighted by atomic mass is 10.2. The van der Waals surface area contributed by atoms with Gasteiger partial charge in [0.05, 0.1) is 5.69 Å². The van der Waals surface area contributed by atoms with Crippen molar-refractivity contribution in [2.24, 2.45) is 0 Å². The van der Waals surface area contributed by atoms with E-state index >= 15 is 0 Å². The van der Waals surface area contributed by atoms with Crippen LogP contribution in [0, 0.1) is 0 Å². The average molecular weight is 328 g/mol. The van der Waals surface area contributed by atoms with Crippen molar-refractivity contribution >= 4 is 0 Å². The predicted molar refractivity (Wildman–Crippen MR) is 77.7 cm³/mol. The van der Waals surface area contributed by atoms with Crippen molar-refractivity contribution in [2.45, 2.75) is 51.6 Å². The Morgan fingerprint density at radius 3 is 2.61 bits per heavy atom. The molecule has 0 N–H and O–H groups in total. The zero-order valence-corrected chi connectivity index (χ0v) is 13.0. The first-order valence-electron chi connectivity index (χ1n) is 7.70. The van der Waals surface area contributed by atoms with E-state index in [1.165, 1.54) is 4.68 Å². The number of nitrogens with zero attached hydrogens (tertiary/aromatic N) is 4. The molecule has 0 radical (unpaired) electrons. The van der Waals surface area contributed by atoms with Gasteiger partial charge >= 0.3 is 6.18 Å². The van der Waals surface area contributed by atoms with E-state index in [0.29, 0.717) is 24.4 Å². The van der Waals surface area contributed by atoms with Crippen molar-refractivity contribution < 1.29 is 17.9 Å². The van der Waals surface area contributed by atoms with Crippen LogP contribution in [0.5, 0.6) is 0 Å². The Hall–Kier alpha value is -1.83. The van der Waals surface area contributed by atoms with Gasteiger partial charge in [-0.05, 0) is 45.2 Å². The Bertz CT molecular complexity index is 669. The second kappa shape index (κ2) is 5.99. The Labute approximate surface area is 132 Å². The van der Waals surface area contributed by atoms with Crippen molar-refractivity contribution in [3.8, 4) is 11.4 Å². The fourth-order valence-electron chi connectivity index (χ4n) is 2.62. The molecular weight excluding hydrogens is 309 g/mol. The van der Waals surface area contributed by atoms with Crippen LogP contribution in [0.1, 0.15) is 51.1 Å². The van der Waals surface area contributed by atoms with Crippen LogP contribution in [-0.2, 0) is 10.9 Å². The van der Waals surface area contributed by atoms with E-state index in [4.69, 9.17) is 4.74 Å². The first kappa shape index (κ1) is 16.0. The number of alkyl halides is 3. The van der Waals surface area contributed by atoms with Crippen LogP contribution in [0.4, 0.5) is 13.2 Å². The molecular formula is C15H19F3N4O. The van der Waals surface area contributed by atoms with E-state index in [-0.39, 0.29) is 6.04 Å². The van der Waals surface area contributed by atoms with Crippen LogP contribution < -0.4 is 0 Å². The third kappa shape index (κ3) is 3.26. The number of halogens is 3. The van der Waals surface area contributed by atoms with Crippen LogP contribution in [0.25, 0.3) is 11.4 Å². The van der Waals surface area contributed by atoms with Crippen LogP contribution in [-0.4, -0.2) is 26.2 Å². The van der Waals surface area contributed by atoms with Gasteiger partial charge in [0, 0.05) is 18.8 Å². The average Bonchev–Trinajstić information content (AvgIpc) is 3.14. The number of hydrogen-bond acceptors (Lipinski definition) is 3. The van der Waals surface area contributed by atoms with Crippen LogP contribution in [0.15, 0.2) is 18.3 Å². The molecule has 0 aliphatic carbocycles. The molecule has 23 heavy (non-hydrogen) atoms. The van der Waals surface area contributed by atoms with Gasteiger partial charge in [-0.2, -0.15) is 23.4 Å². The Balaban J connectivity index is 2.03. The normalized spacial score (nSPS) is 19.5. The maximum absolute atomic E-state index is 13.1. The number of ether oxygens (including phenoxy) is 1. The van der Waals surface area contributed by atoms with E-state index in [2.05, 4.69) is 10.2 Å². The second-order valence-electron chi connectivity index (χ2n) is 5.95. The van der Waals surface area contributed by atoms with Crippen LogP contribution in [0.3, 0.4) is 0 Å².